The summed E-state index contributed by atoms with van der Waals surface area (Å²) in [6.07, 6.45) is 8.58. The van der Waals surface area contributed by atoms with Crippen molar-refractivity contribution < 1.29 is 4.39 Å². The summed E-state index contributed by atoms with van der Waals surface area (Å²) < 4.78 is 13.4. The summed E-state index contributed by atoms with van der Waals surface area (Å²) in [6, 6.07) is 5.29. The van der Waals surface area contributed by atoms with Gasteiger partial charge in [0.25, 0.3) is 0 Å². The Morgan fingerprint density at radius 2 is 1.95 bits per heavy atom. The second-order valence-electron chi connectivity index (χ2n) is 5.80. The van der Waals surface area contributed by atoms with E-state index in [1.165, 1.54) is 44.6 Å². The third-order valence-electron chi connectivity index (χ3n) is 4.43. The number of nitrogens with one attached hydrogen (secondary N) is 1. The van der Waals surface area contributed by atoms with Crippen molar-refractivity contribution in [2.24, 2.45) is 11.8 Å². The van der Waals surface area contributed by atoms with Crippen molar-refractivity contribution >= 4 is 0 Å². The molecule has 3 N–H and O–H groups in total. The zero-order valence-electron chi connectivity index (χ0n) is 11.8. The quantitative estimate of drug-likeness (QED) is 0.496. The highest BCUT2D eigenvalue weighted by Gasteiger charge is 2.22. The molecule has 1 aromatic carbocycles. The Kier molecular flexibility index (Phi) is 5.34. The summed E-state index contributed by atoms with van der Waals surface area (Å²) in [7, 11) is 0. The van der Waals surface area contributed by atoms with Crippen LogP contribution in [0.4, 0.5) is 4.39 Å². The summed E-state index contributed by atoms with van der Waals surface area (Å²) in [5, 5.41) is 0. The lowest BCUT2D eigenvalue weighted by Gasteiger charge is -2.26. The van der Waals surface area contributed by atoms with Crippen LogP contribution in [0.25, 0.3) is 0 Å². The largest absolute Gasteiger partial charge is 0.271 e. The van der Waals surface area contributed by atoms with Crippen LogP contribution in [0.2, 0.25) is 0 Å². The molecule has 0 spiro atoms. The molecule has 0 heterocycles. The zero-order chi connectivity index (χ0) is 13.7. The van der Waals surface area contributed by atoms with Crippen LogP contribution >= 0.6 is 0 Å². The molecule has 0 aromatic heterocycles. The fraction of sp³-hybridized carbons (Fsp3) is 0.625. The maximum absolute atomic E-state index is 13.4. The van der Waals surface area contributed by atoms with E-state index in [9.17, 15) is 4.39 Å². The van der Waals surface area contributed by atoms with Gasteiger partial charge in [-0.05, 0) is 55.4 Å². The number of aryl methyl sites for hydroxylation is 1. The van der Waals surface area contributed by atoms with Gasteiger partial charge >= 0.3 is 0 Å². The first-order chi connectivity index (χ1) is 9.20. The monoisotopic (exact) mass is 264 g/mol. The van der Waals surface area contributed by atoms with Gasteiger partial charge in [-0.3, -0.25) is 11.3 Å². The van der Waals surface area contributed by atoms with Gasteiger partial charge in [0.1, 0.15) is 5.82 Å². The molecule has 0 radical (unpaired) electrons. The minimum atomic E-state index is -0.155. The number of benzene rings is 1. The Balaban J connectivity index is 2.07. The van der Waals surface area contributed by atoms with Gasteiger partial charge in [-0.2, -0.15) is 0 Å². The maximum Gasteiger partial charge on any atom is 0.123 e. The lowest BCUT2D eigenvalue weighted by Crippen LogP contribution is -2.42. The van der Waals surface area contributed by atoms with Crippen LogP contribution in [0.1, 0.15) is 49.7 Å². The summed E-state index contributed by atoms with van der Waals surface area (Å²) in [6.45, 7) is 2.04. The van der Waals surface area contributed by atoms with Crippen molar-refractivity contribution in [1.82, 2.24) is 5.43 Å². The van der Waals surface area contributed by atoms with Crippen molar-refractivity contribution in [2.45, 2.75) is 57.9 Å². The smallest absolute Gasteiger partial charge is 0.123 e. The molecular formula is C16H25FN2. The molecular weight excluding hydrogens is 239 g/mol. The molecule has 1 saturated carbocycles. The van der Waals surface area contributed by atoms with Crippen LogP contribution in [-0.2, 0) is 6.42 Å². The number of nitrogens with two attached hydrogens (primary N) is 1. The molecule has 0 amide bonds. The molecule has 0 bridgehead atoms. The SMILES string of the molecule is Cc1ccc(F)cc1CC(NN)C1CCCCCC1. The van der Waals surface area contributed by atoms with E-state index in [2.05, 4.69) is 5.43 Å². The summed E-state index contributed by atoms with van der Waals surface area (Å²) >= 11 is 0. The van der Waals surface area contributed by atoms with E-state index < -0.39 is 0 Å². The third-order valence-corrected chi connectivity index (χ3v) is 4.43. The average molecular weight is 264 g/mol. The van der Waals surface area contributed by atoms with Crippen molar-refractivity contribution in [2.75, 3.05) is 0 Å². The van der Waals surface area contributed by atoms with Crippen LogP contribution in [0.15, 0.2) is 18.2 Å². The molecule has 106 valence electrons. The number of hydrazine groups is 1. The molecule has 1 aliphatic rings. The Hall–Kier alpha value is -0.930. The van der Waals surface area contributed by atoms with Crippen LogP contribution < -0.4 is 11.3 Å². The lowest BCUT2D eigenvalue weighted by atomic mass is 9.87. The minimum Gasteiger partial charge on any atom is -0.271 e. The molecule has 19 heavy (non-hydrogen) atoms. The molecule has 1 aromatic rings. The first kappa shape index (κ1) is 14.5. The van der Waals surface area contributed by atoms with Gasteiger partial charge in [-0.15, -0.1) is 0 Å². The number of hydrogen-bond donors (Lipinski definition) is 2. The van der Waals surface area contributed by atoms with Gasteiger partial charge in [0.2, 0.25) is 0 Å². The van der Waals surface area contributed by atoms with Crippen molar-refractivity contribution in [3.05, 3.63) is 35.1 Å². The predicted octanol–water partition coefficient (Wildman–Crippen LogP) is 3.48. The standard InChI is InChI=1S/C16H25FN2/c1-12-8-9-15(17)10-14(12)11-16(19-18)13-6-4-2-3-5-7-13/h8-10,13,16,19H,2-7,11,18H2,1H3. The molecule has 1 unspecified atom stereocenters. The summed E-state index contributed by atoms with van der Waals surface area (Å²) in [4.78, 5) is 0. The van der Waals surface area contributed by atoms with Gasteiger partial charge in [-0.1, -0.05) is 31.7 Å². The molecule has 1 fully saturated rings. The van der Waals surface area contributed by atoms with E-state index >= 15 is 0 Å². The topological polar surface area (TPSA) is 38.0 Å². The van der Waals surface area contributed by atoms with Gasteiger partial charge < -0.3 is 0 Å². The van der Waals surface area contributed by atoms with Crippen LogP contribution in [0.5, 0.6) is 0 Å². The molecule has 0 saturated heterocycles. The van der Waals surface area contributed by atoms with Crippen LogP contribution in [0, 0.1) is 18.7 Å². The highest BCUT2D eigenvalue weighted by atomic mass is 19.1. The highest BCUT2D eigenvalue weighted by Crippen LogP contribution is 2.27. The molecule has 0 aliphatic heterocycles. The van der Waals surface area contributed by atoms with Crippen molar-refractivity contribution in [1.29, 1.82) is 0 Å². The van der Waals surface area contributed by atoms with E-state index in [1.807, 2.05) is 13.0 Å². The number of halogens is 1. The first-order valence-corrected chi connectivity index (χ1v) is 7.42. The minimum absolute atomic E-state index is 0.155. The normalized spacial score (nSPS) is 19.1. The second-order valence-corrected chi connectivity index (χ2v) is 5.80. The van der Waals surface area contributed by atoms with E-state index in [4.69, 9.17) is 5.84 Å². The molecule has 2 nitrogen and oxygen atoms in total. The fourth-order valence-electron chi connectivity index (χ4n) is 3.17. The summed E-state index contributed by atoms with van der Waals surface area (Å²) in [5.41, 5.74) is 5.20. The third kappa shape index (κ3) is 4.02. The van der Waals surface area contributed by atoms with E-state index in [1.54, 1.807) is 6.07 Å². The van der Waals surface area contributed by atoms with Crippen LogP contribution in [0.3, 0.4) is 0 Å². The van der Waals surface area contributed by atoms with Gasteiger partial charge in [0.15, 0.2) is 0 Å². The second kappa shape index (κ2) is 7.01. The Labute approximate surface area is 115 Å². The van der Waals surface area contributed by atoms with Gasteiger partial charge in [-0.25, -0.2) is 4.39 Å². The van der Waals surface area contributed by atoms with Gasteiger partial charge in [0.05, 0.1) is 0 Å². The number of hydrogen-bond acceptors (Lipinski definition) is 2. The first-order valence-electron chi connectivity index (χ1n) is 7.42. The van der Waals surface area contributed by atoms with E-state index in [0.717, 1.165) is 17.5 Å². The lowest BCUT2D eigenvalue weighted by molar-refractivity contribution is 0.320. The van der Waals surface area contributed by atoms with Gasteiger partial charge in [0, 0.05) is 6.04 Å². The fourth-order valence-corrected chi connectivity index (χ4v) is 3.17. The Morgan fingerprint density at radius 3 is 2.58 bits per heavy atom. The van der Waals surface area contributed by atoms with Crippen LogP contribution in [-0.4, -0.2) is 6.04 Å². The van der Waals surface area contributed by atoms with E-state index in [-0.39, 0.29) is 11.9 Å². The molecule has 1 atom stereocenters. The summed E-state index contributed by atoms with van der Waals surface area (Å²) in [5.74, 6) is 6.21. The van der Waals surface area contributed by atoms with Crippen molar-refractivity contribution in [3.63, 3.8) is 0 Å². The maximum atomic E-state index is 13.4. The van der Waals surface area contributed by atoms with Crippen molar-refractivity contribution in [3.8, 4) is 0 Å². The molecule has 3 heteroatoms. The predicted molar refractivity (Wildman–Crippen MR) is 77.1 cm³/mol. The Morgan fingerprint density at radius 1 is 1.26 bits per heavy atom. The van der Waals surface area contributed by atoms with E-state index in [0.29, 0.717) is 5.92 Å². The molecule has 2 rings (SSSR count). The average Bonchev–Trinajstić information content (AvgIpc) is 2.68. The number of rotatable bonds is 4. The molecule has 1 aliphatic carbocycles. The zero-order valence-corrected chi connectivity index (χ0v) is 11.8. The highest BCUT2D eigenvalue weighted by molar-refractivity contribution is 5.27. The Bertz CT molecular complexity index is 398.